The SMILES string of the molecule is CCc1nc2c(c(=O)n1[C@@H](C)CC)c1nc3ccccc3nc1n2Cc1ccccc1Cl. The Bertz CT molecular complexity index is 1540. The Morgan fingerprint density at radius 3 is 2.31 bits per heavy atom. The number of benzene rings is 2. The van der Waals surface area contributed by atoms with Gasteiger partial charge < -0.3 is 4.57 Å². The molecule has 0 spiro atoms. The molecule has 3 heterocycles. The number of para-hydroxylation sites is 2. The average Bonchev–Trinajstić information content (AvgIpc) is 3.10. The van der Waals surface area contributed by atoms with Gasteiger partial charge in [-0.2, -0.15) is 0 Å². The van der Waals surface area contributed by atoms with Crippen LogP contribution in [0.5, 0.6) is 0 Å². The smallest absolute Gasteiger partial charge is 0.265 e. The Labute approximate surface area is 190 Å². The molecule has 0 N–H and O–H groups in total. The Morgan fingerprint density at radius 2 is 1.62 bits per heavy atom. The highest BCUT2D eigenvalue weighted by Crippen LogP contribution is 2.28. The van der Waals surface area contributed by atoms with E-state index >= 15 is 0 Å². The number of hydrogen-bond donors (Lipinski definition) is 0. The molecule has 7 heteroatoms. The van der Waals surface area contributed by atoms with Crippen LogP contribution in [0, 0.1) is 0 Å². The summed E-state index contributed by atoms with van der Waals surface area (Å²) in [5.41, 5.74) is 4.25. The minimum atomic E-state index is -0.0614. The van der Waals surface area contributed by atoms with E-state index in [1.807, 2.05) is 64.6 Å². The van der Waals surface area contributed by atoms with Gasteiger partial charge >= 0.3 is 0 Å². The maximum absolute atomic E-state index is 13.8. The molecule has 3 aromatic heterocycles. The standard InChI is InChI=1S/C25H24ClN5O/c1-4-15(3)31-20(5-2)29-23-21(25(31)32)22-24(28-19-13-9-8-12-18(19)27-22)30(23)14-16-10-6-7-11-17(16)26/h6-13,15H,4-5,14H2,1-3H3/t15-/m0/s1. The van der Waals surface area contributed by atoms with Crippen molar-refractivity contribution >= 4 is 44.8 Å². The van der Waals surface area contributed by atoms with Gasteiger partial charge in [0.05, 0.1) is 17.6 Å². The molecule has 0 saturated carbocycles. The molecule has 5 rings (SSSR count). The summed E-state index contributed by atoms with van der Waals surface area (Å²) in [5, 5.41) is 1.18. The lowest BCUT2D eigenvalue weighted by molar-refractivity contribution is 0.488. The van der Waals surface area contributed by atoms with Crippen LogP contribution in [0.1, 0.15) is 44.6 Å². The molecule has 1 atom stereocenters. The number of rotatable bonds is 5. The quantitative estimate of drug-likeness (QED) is 0.356. The van der Waals surface area contributed by atoms with Gasteiger partial charge in [0, 0.05) is 17.5 Å². The second-order valence-electron chi connectivity index (χ2n) is 8.07. The number of aromatic nitrogens is 5. The van der Waals surface area contributed by atoms with E-state index in [0.717, 1.165) is 28.8 Å². The lowest BCUT2D eigenvalue weighted by Crippen LogP contribution is -2.28. The van der Waals surface area contributed by atoms with Crippen LogP contribution in [0.2, 0.25) is 5.02 Å². The fourth-order valence-electron chi connectivity index (χ4n) is 4.25. The van der Waals surface area contributed by atoms with E-state index in [1.165, 1.54) is 0 Å². The number of halogens is 1. The molecular weight excluding hydrogens is 422 g/mol. The molecule has 0 bridgehead atoms. The molecule has 0 aliphatic carbocycles. The molecule has 0 amide bonds. The highest BCUT2D eigenvalue weighted by atomic mass is 35.5. The van der Waals surface area contributed by atoms with Gasteiger partial charge in [-0.25, -0.2) is 15.0 Å². The summed E-state index contributed by atoms with van der Waals surface area (Å²) in [5.74, 6) is 0.768. The summed E-state index contributed by atoms with van der Waals surface area (Å²) in [6.45, 7) is 6.61. The maximum atomic E-state index is 13.8. The lowest BCUT2D eigenvalue weighted by atomic mass is 10.2. The fourth-order valence-corrected chi connectivity index (χ4v) is 4.44. The Balaban J connectivity index is 1.93. The zero-order valence-electron chi connectivity index (χ0n) is 18.3. The topological polar surface area (TPSA) is 65.6 Å². The first-order valence-corrected chi connectivity index (χ1v) is 11.3. The molecule has 6 nitrogen and oxygen atoms in total. The van der Waals surface area contributed by atoms with Crippen LogP contribution in [0.3, 0.4) is 0 Å². The Kier molecular flexibility index (Phi) is 5.18. The van der Waals surface area contributed by atoms with Gasteiger partial charge in [0.2, 0.25) is 0 Å². The highest BCUT2D eigenvalue weighted by molar-refractivity contribution is 6.31. The van der Waals surface area contributed by atoms with Crippen molar-refractivity contribution in [2.75, 3.05) is 0 Å². The second kappa shape index (κ2) is 8.02. The zero-order valence-corrected chi connectivity index (χ0v) is 19.1. The summed E-state index contributed by atoms with van der Waals surface area (Å²) >= 11 is 6.48. The molecule has 162 valence electrons. The van der Waals surface area contributed by atoms with Crippen LogP contribution >= 0.6 is 11.6 Å². The molecule has 0 radical (unpaired) electrons. The largest absolute Gasteiger partial charge is 0.304 e. The third kappa shape index (κ3) is 3.17. The van der Waals surface area contributed by atoms with E-state index in [9.17, 15) is 4.79 Å². The molecule has 5 aromatic rings. The number of aryl methyl sites for hydroxylation is 1. The van der Waals surface area contributed by atoms with E-state index in [2.05, 4.69) is 13.8 Å². The summed E-state index contributed by atoms with van der Waals surface area (Å²) in [4.78, 5) is 28.6. The van der Waals surface area contributed by atoms with Gasteiger partial charge in [-0.3, -0.25) is 9.36 Å². The van der Waals surface area contributed by atoms with Gasteiger partial charge in [-0.15, -0.1) is 0 Å². The Morgan fingerprint density at radius 1 is 0.938 bits per heavy atom. The van der Waals surface area contributed by atoms with Crippen molar-refractivity contribution < 1.29 is 0 Å². The van der Waals surface area contributed by atoms with Crippen LogP contribution in [0.25, 0.3) is 33.2 Å². The predicted octanol–water partition coefficient (Wildman–Crippen LogP) is 5.53. The van der Waals surface area contributed by atoms with Crippen molar-refractivity contribution in [3.8, 4) is 0 Å². The third-order valence-electron chi connectivity index (χ3n) is 6.10. The molecule has 2 aromatic carbocycles. The van der Waals surface area contributed by atoms with Crippen LogP contribution in [0.15, 0.2) is 53.3 Å². The van der Waals surface area contributed by atoms with Crippen LogP contribution in [-0.4, -0.2) is 24.1 Å². The summed E-state index contributed by atoms with van der Waals surface area (Å²) in [7, 11) is 0. The van der Waals surface area contributed by atoms with Crippen molar-refractivity contribution in [2.45, 2.75) is 46.2 Å². The number of fused-ring (bicyclic) bond motifs is 4. The van der Waals surface area contributed by atoms with Gasteiger partial charge in [-0.05, 0) is 37.1 Å². The first-order chi connectivity index (χ1) is 15.5. The maximum Gasteiger partial charge on any atom is 0.265 e. The molecule has 0 unspecified atom stereocenters. The molecular formula is C25H24ClN5O. The average molecular weight is 446 g/mol. The van der Waals surface area contributed by atoms with E-state index in [0.29, 0.717) is 40.2 Å². The summed E-state index contributed by atoms with van der Waals surface area (Å²) < 4.78 is 3.80. The molecule has 0 aliphatic rings. The van der Waals surface area contributed by atoms with Crippen LogP contribution in [-0.2, 0) is 13.0 Å². The van der Waals surface area contributed by atoms with Gasteiger partial charge in [-0.1, -0.05) is 55.8 Å². The minimum Gasteiger partial charge on any atom is -0.304 e. The minimum absolute atomic E-state index is 0.0460. The Hall–Kier alpha value is -3.25. The molecule has 32 heavy (non-hydrogen) atoms. The lowest BCUT2D eigenvalue weighted by Gasteiger charge is -2.17. The monoisotopic (exact) mass is 445 g/mol. The van der Waals surface area contributed by atoms with Crippen LogP contribution in [0.4, 0.5) is 0 Å². The van der Waals surface area contributed by atoms with Crippen molar-refractivity contribution in [1.82, 2.24) is 24.1 Å². The zero-order chi connectivity index (χ0) is 22.4. The van der Waals surface area contributed by atoms with E-state index in [-0.39, 0.29) is 11.6 Å². The summed E-state index contributed by atoms with van der Waals surface area (Å²) in [6, 6.07) is 15.5. The fraction of sp³-hybridized carbons (Fsp3) is 0.280. The molecule has 0 aliphatic heterocycles. The predicted molar refractivity (Wildman–Crippen MR) is 130 cm³/mol. The second-order valence-corrected chi connectivity index (χ2v) is 8.48. The van der Waals surface area contributed by atoms with Crippen molar-refractivity contribution in [2.24, 2.45) is 0 Å². The number of nitrogens with zero attached hydrogens (tertiary/aromatic N) is 5. The van der Waals surface area contributed by atoms with Crippen molar-refractivity contribution in [3.05, 3.63) is 75.3 Å². The van der Waals surface area contributed by atoms with Gasteiger partial charge in [0.25, 0.3) is 5.56 Å². The number of hydrogen-bond acceptors (Lipinski definition) is 4. The third-order valence-corrected chi connectivity index (χ3v) is 6.47. The van der Waals surface area contributed by atoms with Crippen molar-refractivity contribution in [1.29, 1.82) is 0 Å². The molecule has 0 saturated heterocycles. The van der Waals surface area contributed by atoms with E-state index in [4.69, 9.17) is 26.6 Å². The van der Waals surface area contributed by atoms with Crippen molar-refractivity contribution in [3.63, 3.8) is 0 Å². The van der Waals surface area contributed by atoms with Crippen LogP contribution < -0.4 is 5.56 Å². The first-order valence-electron chi connectivity index (χ1n) is 11.0. The highest BCUT2D eigenvalue weighted by Gasteiger charge is 2.23. The van der Waals surface area contributed by atoms with Gasteiger partial charge in [0.1, 0.15) is 16.7 Å². The first kappa shape index (κ1) is 20.6. The van der Waals surface area contributed by atoms with Gasteiger partial charge in [0.15, 0.2) is 11.3 Å². The van der Waals surface area contributed by atoms with E-state index in [1.54, 1.807) is 0 Å². The van der Waals surface area contributed by atoms with E-state index < -0.39 is 0 Å². The normalized spacial score (nSPS) is 12.8. The summed E-state index contributed by atoms with van der Waals surface area (Å²) in [6.07, 6.45) is 1.50. The molecule has 0 fully saturated rings.